The second-order valence-corrected chi connectivity index (χ2v) is 9.24. The molecule has 3 aromatic carbocycles. The Labute approximate surface area is 198 Å². The number of ether oxygens (including phenoxy) is 1. The van der Waals surface area contributed by atoms with Gasteiger partial charge in [0.15, 0.2) is 5.13 Å². The van der Waals surface area contributed by atoms with Crippen LogP contribution in [-0.4, -0.2) is 55.2 Å². The van der Waals surface area contributed by atoms with Crippen LogP contribution in [0.2, 0.25) is 0 Å². The van der Waals surface area contributed by atoms with Gasteiger partial charge in [0.05, 0.1) is 23.4 Å². The van der Waals surface area contributed by atoms with Gasteiger partial charge in [0.1, 0.15) is 0 Å². The van der Waals surface area contributed by atoms with E-state index in [9.17, 15) is 4.79 Å². The highest BCUT2D eigenvalue weighted by Crippen LogP contribution is 2.29. The van der Waals surface area contributed by atoms with Crippen molar-refractivity contribution in [2.24, 2.45) is 0 Å². The number of fused-ring (bicyclic) bond motifs is 1. The van der Waals surface area contributed by atoms with E-state index in [0.29, 0.717) is 12.1 Å². The average Bonchev–Trinajstić information content (AvgIpc) is 3.30. The molecule has 1 fully saturated rings. The van der Waals surface area contributed by atoms with Gasteiger partial charge in [-0.2, -0.15) is 0 Å². The second kappa shape index (κ2) is 10.3. The third kappa shape index (κ3) is 5.30. The van der Waals surface area contributed by atoms with E-state index in [0.717, 1.165) is 54.6 Å². The van der Waals surface area contributed by atoms with Crippen LogP contribution in [0.1, 0.15) is 21.5 Å². The smallest absolute Gasteiger partial charge is 0.260 e. The van der Waals surface area contributed by atoms with E-state index in [1.54, 1.807) is 11.3 Å². The number of carbonyl (C=O) groups excluding carboxylic acids is 1. The van der Waals surface area contributed by atoms with E-state index in [1.165, 1.54) is 11.1 Å². The van der Waals surface area contributed by atoms with Gasteiger partial charge in [-0.05, 0) is 41.8 Å². The molecular formula is C27H27N3O2S. The van der Waals surface area contributed by atoms with Crippen molar-refractivity contribution in [3.05, 3.63) is 95.6 Å². The van der Waals surface area contributed by atoms with Crippen LogP contribution in [0.15, 0.2) is 78.9 Å². The topological polar surface area (TPSA) is 45.7 Å². The summed E-state index contributed by atoms with van der Waals surface area (Å²) >= 11 is 1.57. The minimum Gasteiger partial charge on any atom is -0.379 e. The van der Waals surface area contributed by atoms with Crippen molar-refractivity contribution in [2.45, 2.75) is 6.42 Å². The summed E-state index contributed by atoms with van der Waals surface area (Å²) in [5.74, 6) is -0.00595. The van der Waals surface area contributed by atoms with Crippen LogP contribution >= 0.6 is 11.3 Å². The van der Waals surface area contributed by atoms with Crippen molar-refractivity contribution >= 4 is 32.6 Å². The Morgan fingerprint density at radius 3 is 2.36 bits per heavy atom. The van der Waals surface area contributed by atoms with Gasteiger partial charge in [0, 0.05) is 31.7 Å². The molecule has 0 atom stereocenters. The summed E-state index contributed by atoms with van der Waals surface area (Å²) in [6.45, 7) is 4.70. The molecule has 0 unspecified atom stereocenters. The fourth-order valence-electron chi connectivity index (χ4n) is 4.08. The molecule has 0 bridgehead atoms. The number of hydrogen-bond acceptors (Lipinski definition) is 5. The molecule has 6 heteroatoms. The molecule has 168 valence electrons. The lowest BCUT2D eigenvalue weighted by atomic mass is 10.0. The van der Waals surface area contributed by atoms with E-state index in [4.69, 9.17) is 9.72 Å². The number of amides is 1. The molecule has 0 saturated carbocycles. The Morgan fingerprint density at radius 1 is 0.909 bits per heavy atom. The normalized spacial score (nSPS) is 14.4. The molecule has 1 aliphatic heterocycles. The third-order valence-corrected chi connectivity index (χ3v) is 7.01. The molecule has 1 aliphatic rings. The number of aromatic nitrogens is 1. The fourth-order valence-corrected chi connectivity index (χ4v) is 5.07. The standard InChI is InChI=1S/C27H27N3O2S/c31-26(23-12-10-22(11-13-23)20-21-6-2-1-3-7-21)30(15-14-29-16-18-32-19-17-29)27-28-24-8-4-5-9-25(24)33-27/h1-13H,14-20H2. The Kier molecular flexibility index (Phi) is 6.76. The number of morpholine rings is 1. The van der Waals surface area contributed by atoms with E-state index in [2.05, 4.69) is 47.4 Å². The van der Waals surface area contributed by atoms with Crippen molar-refractivity contribution in [1.29, 1.82) is 0 Å². The van der Waals surface area contributed by atoms with Crippen LogP contribution in [0.25, 0.3) is 10.2 Å². The highest BCUT2D eigenvalue weighted by atomic mass is 32.1. The number of anilines is 1. The van der Waals surface area contributed by atoms with Gasteiger partial charge in [0.2, 0.25) is 0 Å². The summed E-state index contributed by atoms with van der Waals surface area (Å²) < 4.78 is 6.56. The molecule has 0 radical (unpaired) electrons. The summed E-state index contributed by atoms with van der Waals surface area (Å²) in [5, 5.41) is 0.753. The van der Waals surface area contributed by atoms with Crippen LogP contribution in [0, 0.1) is 0 Å². The maximum absolute atomic E-state index is 13.6. The van der Waals surface area contributed by atoms with E-state index in [-0.39, 0.29) is 5.91 Å². The molecule has 4 aromatic rings. The molecule has 1 amide bonds. The highest BCUT2D eigenvalue weighted by Gasteiger charge is 2.23. The van der Waals surface area contributed by atoms with Crippen molar-refractivity contribution in [2.75, 3.05) is 44.3 Å². The molecule has 1 aromatic heterocycles. The monoisotopic (exact) mass is 457 g/mol. The summed E-state index contributed by atoms with van der Waals surface area (Å²) in [6, 6.07) is 26.4. The zero-order valence-corrected chi connectivity index (χ0v) is 19.3. The zero-order valence-electron chi connectivity index (χ0n) is 18.5. The maximum Gasteiger partial charge on any atom is 0.260 e. The van der Waals surface area contributed by atoms with Crippen molar-refractivity contribution < 1.29 is 9.53 Å². The minimum absolute atomic E-state index is 0.00595. The van der Waals surface area contributed by atoms with Crippen LogP contribution in [0.5, 0.6) is 0 Å². The van der Waals surface area contributed by atoms with E-state index < -0.39 is 0 Å². The predicted molar refractivity (Wildman–Crippen MR) is 134 cm³/mol. The molecule has 2 heterocycles. The maximum atomic E-state index is 13.6. The molecular weight excluding hydrogens is 430 g/mol. The van der Waals surface area contributed by atoms with Crippen molar-refractivity contribution in [3.63, 3.8) is 0 Å². The average molecular weight is 458 g/mol. The first-order chi connectivity index (χ1) is 16.3. The van der Waals surface area contributed by atoms with Crippen LogP contribution in [-0.2, 0) is 11.2 Å². The molecule has 0 N–H and O–H groups in total. The number of para-hydroxylation sites is 1. The van der Waals surface area contributed by atoms with E-state index >= 15 is 0 Å². The second-order valence-electron chi connectivity index (χ2n) is 8.23. The quantitative estimate of drug-likeness (QED) is 0.397. The number of carbonyl (C=O) groups is 1. The van der Waals surface area contributed by atoms with Crippen LogP contribution in [0.4, 0.5) is 5.13 Å². The van der Waals surface area contributed by atoms with Gasteiger partial charge in [-0.1, -0.05) is 65.9 Å². The number of hydrogen-bond donors (Lipinski definition) is 0. The number of thiazole rings is 1. The fraction of sp³-hybridized carbons (Fsp3) is 0.259. The van der Waals surface area contributed by atoms with Gasteiger partial charge in [-0.3, -0.25) is 14.6 Å². The van der Waals surface area contributed by atoms with Gasteiger partial charge in [-0.15, -0.1) is 0 Å². The molecule has 1 saturated heterocycles. The summed E-state index contributed by atoms with van der Waals surface area (Å²) in [4.78, 5) is 22.6. The number of nitrogens with zero attached hydrogens (tertiary/aromatic N) is 3. The number of rotatable bonds is 7. The van der Waals surface area contributed by atoms with Gasteiger partial charge in [-0.25, -0.2) is 4.98 Å². The summed E-state index contributed by atoms with van der Waals surface area (Å²) in [5.41, 5.74) is 4.07. The predicted octanol–water partition coefficient (Wildman–Crippen LogP) is 4.87. The molecule has 0 spiro atoms. The Morgan fingerprint density at radius 2 is 1.61 bits per heavy atom. The molecule has 0 aliphatic carbocycles. The first-order valence-corrected chi connectivity index (χ1v) is 12.2. The van der Waals surface area contributed by atoms with Crippen molar-refractivity contribution in [1.82, 2.24) is 9.88 Å². The minimum atomic E-state index is -0.00595. The number of benzene rings is 3. The largest absolute Gasteiger partial charge is 0.379 e. The SMILES string of the molecule is O=C(c1ccc(Cc2ccccc2)cc1)N(CCN1CCOCC1)c1nc2ccccc2s1. The first-order valence-electron chi connectivity index (χ1n) is 11.4. The first kappa shape index (κ1) is 21.8. The molecule has 5 nitrogen and oxygen atoms in total. The molecule has 5 rings (SSSR count). The lowest BCUT2D eigenvalue weighted by molar-refractivity contribution is 0.0391. The summed E-state index contributed by atoms with van der Waals surface area (Å²) in [7, 11) is 0. The zero-order chi connectivity index (χ0) is 22.5. The summed E-state index contributed by atoms with van der Waals surface area (Å²) in [6.07, 6.45) is 0.855. The molecule has 33 heavy (non-hydrogen) atoms. The van der Waals surface area contributed by atoms with Gasteiger partial charge < -0.3 is 4.74 Å². The Hall–Kier alpha value is -3.06. The van der Waals surface area contributed by atoms with Crippen molar-refractivity contribution in [3.8, 4) is 0 Å². The van der Waals surface area contributed by atoms with Gasteiger partial charge >= 0.3 is 0 Å². The third-order valence-electron chi connectivity index (χ3n) is 5.95. The van der Waals surface area contributed by atoms with E-state index in [1.807, 2.05) is 41.3 Å². The Bertz CT molecular complexity index is 1170. The van der Waals surface area contributed by atoms with Gasteiger partial charge in [0.25, 0.3) is 5.91 Å². The van der Waals surface area contributed by atoms with Crippen LogP contribution < -0.4 is 4.90 Å². The lowest BCUT2D eigenvalue weighted by Crippen LogP contribution is -2.43. The lowest BCUT2D eigenvalue weighted by Gasteiger charge is -2.29. The highest BCUT2D eigenvalue weighted by molar-refractivity contribution is 7.22. The Balaban J connectivity index is 1.36. The van der Waals surface area contributed by atoms with Crippen LogP contribution in [0.3, 0.4) is 0 Å².